The van der Waals surface area contributed by atoms with E-state index in [4.69, 9.17) is 22.1 Å². The van der Waals surface area contributed by atoms with Gasteiger partial charge in [0.25, 0.3) is 0 Å². The number of carbonyl (C=O) groups excluding carboxylic acids is 1. The quantitative estimate of drug-likeness (QED) is 0.693. The molecule has 19 heavy (non-hydrogen) atoms. The summed E-state index contributed by atoms with van der Waals surface area (Å²) in [4.78, 5) is 12.2. The van der Waals surface area contributed by atoms with E-state index in [0.717, 1.165) is 6.07 Å². The minimum absolute atomic E-state index is 0.0900. The molecule has 2 N–H and O–H groups in total. The Balaban J connectivity index is 2.38. The Morgan fingerprint density at radius 2 is 1.84 bits per heavy atom. The van der Waals surface area contributed by atoms with Crippen molar-refractivity contribution in [1.82, 2.24) is 0 Å². The third kappa shape index (κ3) is 2.69. The largest absolute Gasteiger partial charge is 0.494 e. The van der Waals surface area contributed by atoms with E-state index in [1.54, 1.807) is 6.07 Å². The van der Waals surface area contributed by atoms with Crippen molar-refractivity contribution in [3.8, 4) is 5.75 Å². The Bertz CT molecular complexity index is 643. The first-order chi connectivity index (χ1) is 9.02. The maximum Gasteiger partial charge on any atom is 0.193 e. The van der Waals surface area contributed by atoms with Crippen molar-refractivity contribution in [2.75, 3.05) is 12.8 Å². The summed E-state index contributed by atoms with van der Waals surface area (Å²) < 4.78 is 18.3. The molecule has 0 fully saturated rings. The van der Waals surface area contributed by atoms with Crippen LogP contribution in [-0.4, -0.2) is 12.9 Å². The van der Waals surface area contributed by atoms with Crippen LogP contribution in [0.25, 0.3) is 0 Å². The fourth-order valence-electron chi connectivity index (χ4n) is 1.66. The van der Waals surface area contributed by atoms with E-state index in [9.17, 15) is 9.18 Å². The van der Waals surface area contributed by atoms with Gasteiger partial charge >= 0.3 is 0 Å². The van der Waals surface area contributed by atoms with Gasteiger partial charge in [0.1, 0.15) is 0 Å². The smallest absolute Gasteiger partial charge is 0.193 e. The number of benzene rings is 2. The fourth-order valence-corrected chi connectivity index (χ4v) is 1.78. The monoisotopic (exact) mass is 279 g/mol. The summed E-state index contributed by atoms with van der Waals surface area (Å²) in [5, 5.41) is 0.373. The lowest BCUT2D eigenvalue weighted by atomic mass is 10.0. The van der Waals surface area contributed by atoms with Crippen molar-refractivity contribution in [2.45, 2.75) is 0 Å². The zero-order valence-corrected chi connectivity index (χ0v) is 10.9. The van der Waals surface area contributed by atoms with Crippen molar-refractivity contribution in [2.24, 2.45) is 0 Å². The molecule has 0 unspecified atom stereocenters. The van der Waals surface area contributed by atoms with Crippen molar-refractivity contribution >= 4 is 23.1 Å². The highest BCUT2D eigenvalue weighted by Gasteiger charge is 2.13. The number of carbonyl (C=O) groups is 1. The Labute approximate surface area is 114 Å². The first-order valence-electron chi connectivity index (χ1n) is 5.46. The second kappa shape index (κ2) is 5.28. The molecule has 2 rings (SSSR count). The number of halogens is 2. The fraction of sp³-hybridized carbons (Fsp3) is 0.0714. The summed E-state index contributed by atoms with van der Waals surface area (Å²) in [5.41, 5.74) is 6.52. The van der Waals surface area contributed by atoms with Crippen molar-refractivity contribution in [3.05, 3.63) is 58.4 Å². The topological polar surface area (TPSA) is 52.3 Å². The van der Waals surface area contributed by atoms with Crippen LogP contribution in [0.15, 0.2) is 36.4 Å². The SMILES string of the molecule is COc1ccc(C(=O)c2ccc(Cl)c(N)c2)cc1F. The van der Waals surface area contributed by atoms with Crippen LogP contribution in [0.2, 0.25) is 5.02 Å². The third-order valence-corrected chi connectivity index (χ3v) is 3.02. The van der Waals surface area contributed by atoms with Gasteiger partial charge in [0, 0.05) is 11.1 Å². The molecule has 0 amide bonds. The molecular formula is C14H11ClFNO2. The summed E-state index contributed by atoms with van der Waals surface area (Å²) in [6.07, 6.45) is 0. The Kier molecular flexibility index (Phi) is 3.71. The van der Waals surface area contributed by atoms with Gasteiger partial charge in [-0.3, -0.25) is 4.79 Å². The zero-order chi connectivity index (χ0) is 14.0. The van der Waals surface area contributed by atoms with Gasteiger partial charge in [0.15, 0.2) is 17.3 Å². The second-order valence-corrected chi connectivity index (χ2v) is 4.32. The van der Waals surface area contributed by atoms with E-state index in [2.05, 4.69) is 0 Å². The molecule has 2 aromatic carbocycles. The number of hydrogen-bond donors (Lipinski definition) is 1. The van der Waals surface area contributed by atoms with E-state index in [1.165, 1.54) is 31.4 Å². The molecule has 0 radical (unpaired) electrons. The average molecular weight is 280 g/mol. The van der Waals surface area contributed by atoms with Crippen LogP contribution in [0.4, 0.5) is 10.1 Å². The lowest BCUT2D eigenvalue weighted by Crippen LogP contribution is -2.03. The number of nitrogen functional groups attached to an aromatic ring is 1. The highest BCUT2D eigenvalue weighted by atomic mass is 35.5. The lowest BCUT2D eigenvalue weighted by molar-refractivity contribution is 0.103. The number of anilines is 1. The minimum Gasteiger partial charge on any atom is -0.494 e. The predicted molar refractivity (Wildman–Crippen MR) is 72.2 cm³/mol. The zero-order valence-electron chi connectivity index (χ0n) is 10.1. The number of rotatable bonds is 3. The molecule has 5 heteroatoms. The molecule has 0 atom stereocenters. The molecule has 0 aliphatic carbocycles. The number of ether oxygens (including phenoxy) is 1. The normalized spacial score (nSPS) is 10.3. The van der Waals surface area contributed by atoms with Crippen molar-refractivity contribution in [1.29, 1.82) is 0 Å². The number of methoxy groups -OCH3 is 1. The highest BCUT2D eigenvalue weighted by Crippen LogP contribution is 2.23. The number of nitrogens with two attached hydrogens (primary N) is 1. The van der Waals surface area contributed by atoms with E-state index < -0.39 is 5.82 Å². The summed E-state index contributed by atoms with van der Waals surface area (Å²) in [7, 11) is 1.36. The van der Waals surface area contributed by atoms with Gasteiger partial charge in [0.05, 0.1) is 17.8 Å². The van der Waals surface area contributed by atoms with Crippen molar-refractivity contribution in [3.63, 3.8) is 0 Å². The lowest BCUT2D eigenvalue weighted by Gasteiger charge is -2.06. The first-order valence-corrected chi connectivity index (χ1v) is 5.84. The molecule has 0 saturated heterocycles. The van der Waals surface area contributed by atoms with Gasteiger partial charge in [-0.15, -0.1) is 0 Å². The standard InChI is InChI=1S/C14H11ClFNO2/c1-19-13-5-3-8(6-11(13)16)14(18)9-2-4-10(15)12(17)7-9/h2-7H,17H2,1H3. The van der Waals surface area contributed by atoms with Crippen LogP contribution in [-0.2, 0) is 0 Å². The molecule has 0 aliphatic heterocycles. The Hall–Kier alpha value is -2.07. The Morgan fingerprint density at radius 3 is 2.42 bits per heavy atom. The Morgan fingerprint density at radius 1 is 1.21 bits per heavy atom. The maximum atomic E-state index is 13.5. The van der Waals surface area contributed by atoms with Crippen molar-refractivity contribution < 1.29 is 13.9 Å². The van der Waals surface area contributed by atoms with Gasteiger partial charge in [-0.2, -0.15) is 0 Å². The van der Waals surface area contributed by atoms with Gasteiger partial charge in [-0.05, 0) is 36.4 Å². The van der Waals surface area contributed by atoms with Crippen LogP contribution in [0.1, 0.15) is 15.9 Å². The third-order valence-electron chi connectivity index (χ3n) is 2.67. The average Bonchev–Trinajstić information content (AvgIpc) is 2.41. The molecule has 2 aromatic rings. The molecule has 0 saturated carbocycles. The van der Waals surface area contributed by atoms with Crippen LogP contribution >= 0.6 is 11.6 Å². The molecule has 0 aliphatic rings. The minimum atomic E-state index is -0.588. The molecule has 0 aromatic heterocycles. The van der Waals surface area contributed by atoms with Crippen LogP contribution in [0.5, 0.6) is 5.75 Å². The highest BCUT2D eigenvalue weighted by molar-refractivity contribution is 6.33. The predicted octanol–water partition coefficient (Wildman–Crippen LogP) is 3.30. The van der Waals surface area contributed by atoms with Gasteiger partial charge < -0.3 is 10.5 Å². The summed E-state index contributed by atoms with van der Waals surface area (Å²) >= 11 is 5.78. The number of ketones is 1. The summed E-state index contributed by atoms with van der Waals surface area (Å²) in [5.74, 6) is -0.827. The van der Waals surface area contributed by atoms with E-state index in [1.807, 2.05) is 0 Å². The van der Waals surface area contributed by atoms with Gasteiger partial charge in [-0.1, -0.05) is 11.6 Å². The molecule has 0 heterocycles. The second-order valence-electron chi connectivity index (χ2n) is 3.91. The summed E-state index contributed by atoms with van der Waals surface area (Å²) in [6.45, 7) is 0. The van der Waals surface area contributed by atoms with Crippen LogP contribution in [0, 0.1) is 5.82 Å². The number of hydrogen-bond acceptors (Lipinski definition) is 3. The molecular weight excluding hydrogens is 269 g/mol. The summed E-state index contributed by atoms with van der Waals surface area (Å²) in [6, 6.07) is 8.57. The first kappa shape index (κ1) is 13.4. The molecule has 0 spiro atoms. The molecule has 0 bridgehead atoms. The maximum absolute atomic E-state index is 13.5. The van der Waals surface area contributed by atoms with E-state index >= 15 is 0 Å². The van der Waals surface area contributed by atoms with E-state index in [-0.39, 0.29) is 17.1 Å². The molecule has 3 nitrogen and oxygen atoms in total. The van der Waals surface area contributed by atoms with Gasteiger partial charge in [0.2, 0.25) is 0 Å². The van der Waals surface area contributed by atoms with E-state index in [0.29, 0.717) is 16.3 Å². The van der Waals surface area contributed by atoms with Crippen LogP contribution < -0.4 is 10.5 Å². The van der Waals surface area contributed by atoms with Gasteiger partial charge in [-0.25, -0.2) is 4.39 Å². The van der Waals surface area contributed by atoms with Crippen LogP contribution in [0.3, 0.4) is 0 Å². The molecule has 98 valence electrons.